The molecule has 124 valence electrons. The van der Waals surface area contributed by atoms with Crippen molar-refractivity contribution in [2.75, 3.05) is 6.79 Å². The summed E-state index contributed by atoms with van der Waals surface area (Å²) in [7, 11) is 0. The summed E-state index contributed by atoms with van der Waals surface area (Å²) in [4.78, 5) is 11.9. The highest BCUT2D eigenvalue weighted by atomic mass is 79.9. The van der Waals surface area contributed by atoms with Crippen LogP contribution in [-0.4, -0.2) is 29.1 Å². The standard InChI is InChI=1S/C16H13BrN2O5/c17-11-5-10(12(20)6-13(11)21)7-18-19-16(22)4-9-1-2-14-15(3-9)24-8-23-14/h1-3,5-7,20-21H,4,8H2,(H,19,22). The highest BCUT2D eigenvalue weighted by Crippen LogP contribution is 2.32. The first kappa shape index (κ1) is 16.1. The van der Waals surface area contributed by atoms with Gasteiger partial charge < -0.3 is 19.7 Å². The van der Waals surface area contributed by atoms with Gasteiger partial charge in [0.25, 0.3) is 0 Å². The number of fused-ring (bicyclic) bond motifs is 1. The van der Waals surface area contributed by atoms with Gasteiger partial charge in [-0.3, -0.25) is 4.79 Å². The molecular weight excluding hydrogens is 380 g/mol. The molecule has 24 heavy (non-hydrogen) atoms. The van der Waals surface area contributed by atoms with Crippen molar-refractivity contribution in [3.63, 3.8) is 0 Å². The summed E-state index contributed by atoms with van der Waals surface area (Å²) in [5, 5.41) is 22.9. The summed E-state index contributed by atoms with van der Waals surface area (Å²) in [5.74, 6) is 0.719. The summed E-state index contributed by atoms with van der Waals surface area (Å²) < 4.78 is 10.9. The van der Waals surface area contributed by atoms with E-state index in [1.165, 1.54) is 18.3 Å². The Morgan fingerprint density at radius 1 is 1.21 bits per heavy atom. The number of hydrogen-bond donors (Lipinski definition) is 3. The van der Waals surface area contributed by atoms with E-state index in [0.29, 0.717) is 21.5 Å². The summed E-state index contributed by atoms with van der Waals surface area (Å²) in [6.45, 7) is 0.182. The molecule has 1 aliphatic heterocycles. The number of amides is 1. The zero-order valence-electron chi connectivity index (χ0n) is 12.3. The van der Waals surface area contributed by atoms with Crippen LogP contribution in [0.3, 0.4) is 0 Å². The van der Waals surface area contributed by atoms with Gasteiger partial charge in [0.2, 0.25) is 12.7 Å². The minimum absolute atomic E-state index is 0.0866. The predicted octanol–water partition coefficient (Wildman–Crippen LogP) is 2.28. The molecule has 2 aromatic carbocycles. The van der Waals surface area contributed by atoms with Crippen LogP contribution in [0, 0.1) is 0 Å². The molecule has 3 N–H and O–H groups in total. The second-order valence-corrected chi connectivity index (χ2v) is 5.87. The number of rotatable bonds is 4. The van der Waals surface area contributed by atoms with Crippen LogP contribution in [0.1, 0.15) is 11.1 Å². The highest BCUT2D eigenvalue weighted by molar-refractivity contribution is 9.10. The number of carbonyl (C=O) groups is 1. The van der Waals surface area contributed by atoms with Crippen LogP contribution >= 0.6 is 15.9 Å². The number of hydrazone groups is 1. The lowest BCUT2D eigenvalue weighted by Gasteiger charge is -2.04. The van der Waals surface area contributed by atoms with E-state index in [1.54, 1.807) is 18.2 Å². The van der Waals surface area contributed by atoms with Gasteiger partial charge in [-0.05, 0) is 39.7 Å². The number of ether oxygens (including phenoxy) is 2. The minimum Gasteiger partial charge on any atom is -0.507 e. The van der Waals surface area contributed by atoms with Gasteiger partial charge >= 0.3 is 0 Å². The van der Waals surface area contributed by atoms with E-state index in [0.717, 1.165) is 5.56 Å². The third-order valence-electron chi connectivity index (χ3n) is 3.29. The van der Waals surface area contributed by atoms with Crippen molar-refractivity contribution in [1.82, 2.24) is 5.43 Å². The van der Waals surface area contributed by atoms with Gasteiger partial charge in [0.15, 0.2) is 11.5 Å². The van der Waals surface area contributed by atoms with Crippen LogP contribution in [0.2, 0.25) is 0 Å². The van der Waals surface area contributed by atoms with Crippen molar-refractivity contribution in [3.8, 4) is 23.0 Å². The normalized spacial score (nSPS) is 12.5. The molecule has 0 aliphatic carbocycles. The molecule has 0 unspecified atom stereocenters. The molecule has 0 saturated heterocycles. The molecular formula is C16H13BrN2O5. The summed E-state index contributed by atoms with van der Waals surface area (Å²) in [6, 6.07) is 7.94. The Hall–Kier alpha value is -2.74. The van der Waals surface area contributed by atoms with Gasteiger partial charge in [0.1, 0.15) is 11.5 Å². The Morgan fingerprint density at radius 2 is 2.00 bits per heavy atom. The van der Waals surface area contributed by atoms with Crippen LogP contribution in [0.5, 0.6) is 23.0 Å². The number of phenolic OH excluding ortho intramolecular Hbond substituents is 2. The largest absolute Gasteiger partial charge is 0.507 e. The predicted molar refractivity (Wildman–Crippen MR) is 89.5 cm³/mol. The smallest absolute Gasteiger partial charge is 0.244 e. The summed E-state index contributed by atoms with van der Waals surface area (Å²) >= 11 is 3.14. The fourth-order valence-corrected chi connectivity index (χ4v) is 2.48. The van der Waals surface area contributed by atoms with Crippen molar-refractivity contribution in [3.05, 3.63) is 45.9 Å². The molecule has 2 aromatic rings. The van der Waals surface area contributed by atoms with E-state index >= 15 is 0 Å². The Balaban J connectivity index is 1.60. The van der Waals surface area contributed by atoms with Crippen molar-refractivity contribution < 1.29 is 24.5 Å². The van der Waals surface area contributed by atoms with Crippen LogP contribution < -0.4 is 14.9 Å². The van der Waals surface area contributed by atoms with Crippen LogP contribution in [0.4, 0.5) is 0 Å². The number of hydrogen-bond acceptors (Lipinski definition) is 6. The molecule has 0 aromatic heterocycles. The lowest BCUT2D eigenvalue weighted by molar-refractivity contribution is -0.120. The van der Waals surface area contributed by atoms with E-state index in [2.05, 4.69) is 26.5 Å². The van der Waals surface area contributed by atoms with Gasteiger partial charge in [-0.25, -0.2) is 5.43 Å². The van der Waals surface area contributed by atoms with Gasteiger partial charge in [-0.15, -0.1) is 0 Å². The number of nitrogens with one attached hydrogen (secondary N) is 1. The number of halogens is 1. The third-order valence-corrected chi connectivity index (χ3v) is 3.93. The zero-order chi connectivity index (χ0) is 17.1. The molecule has 0 saturated carbocycles. The van der Waals surface area contributed by atoms with E-state index in [-0.39, 0.29) is 30.6 Å². The topological polar surface area (TPSA) is 100 Å². The van der Waals surface area contributed by atoms with Gasteiger partial charge in [-0.1, -0.05) is 6.07 Å². The molecule has 0 spiro atoms. The Labute approximate surface area is 145 Å². The van der Waals surface area contributed by atoms with Crippen molar-refractivity contribution in [1.29, 1.82) is 0 Å². The maximum Gasteiger partial charge on any atom is 0.244 e. The monoisotopic (exact) mass is 392 g/mol. The lowest BCUT2D eigenvalue weighted by Crippen LogP contribution is -2.19. The van der Waals surface area contributed by atoms with Crippen molar-refractivity contribution in [2.24, 2.45) is 5.10 Å². The molecule has 1 aliphatic rings. The Bertz CT molecular complexity index is 822. The van der Waals surface area contributed by atoms with E-state index in [9.17, 15) is 15.0 Å². The summed E-state index contributed by atoms with van der Waals surface area (Å²) in [6.07, 6.45) is 1.41. The SMILES string of the molecule is O=C(Cc1ccc2c(c1)OCO2)NN=Cc1cc(Br)c(O)cc1O. The molecule has 1 amide bonds. The fraction of sp³-hybridized carbons (Fsp3) is 0.125. The number of aromatic hydroxyl groups is 2. The van der Waals surface area contributed by atoms with E-state index in [1.807, 2.05) is 0 Å². The molecule has 3 rings (SSSR count). The minimum atomic E-state index is -0.317. The Morgan fingerprint density at radius 3 is 2.83 bits per heavy atom. The second kappa shape index (κ2) is 6.79. The molecule has 0 atom stereocenters. The van der Waals surface area contributed by atoms with Crippen molar-refractivity contribution >= 4 is 28.1 Å². The van der Waals surface area contributed by atoms with E-state index < -0.39 is 0 Å². The first-order chi connectivity index (χ1) is 11.5. The van der Waals surface area contributed by atoms with Crippen molar-refractivity contribution in [2.45, 2.75) is 6.42 Å². The average Bonchev–Trinajstić information content (AvgIpc) is 3.00. The zero-order valence-corrected chi connectivity index (χ0v) is 13.9. The molecule has 8 heteroatoms. The fourth-order valence-electron chi connectivity index (χ4n) is 2.12. The highest BCUT2D eigenvalue weighted by Gasteiger charge is 2.14. The number of benzene rings is 2. The first-order valence-electron chi connectivity index (χ1n) is 6.95. The number of nitrogens with zero attached hydrogens (tertiary/aromatic N) is 1. The van der Waals surface area contributed by atoms with Gasteiger partial charge in [0.05, 0.1) is 17.1 Å². The maximum atomic E-state index is 11.9. The third kappa shape index (κ3) is 3.60. The molecule has 0 radical (unpaired) electrons. The lowest BCUT2D eigenvalue weighted by atomic mass is 10.1. The van der Waals surface area contributed by atoms with E-state index in [4.69, 9.17) is 9.47 Å². The first-order valence-corrected chi connectivity index (χ1v) is 7.74. The molecule has 0 fully saturated rings. The molecule has 7 nitrogen and oxygen atoms in total. The quantitative estimate of drug-likeness (QED) is 0.547. The average molecular weight is 393 g/mol. The van der Waals surface area contributed by atoms with Crippen LogP contribution in [0.15, 0.2) is 39.9 Å². The second-order valence-electron chi connectivity index (χ2n) is 5.02. The number of phenols is 2. The van der Waals surface area contributed by atoms with Crippen LogP contribution in [0.25, 0.3) is 0 Å². The van der Waals surface area contributed by atoms with Gasteiger partial charge in [0, 0.05) is 11.6 Å². The maximum absolute atomic E-state index is 11.9. The Kier molecular flexibility index (Phi) is 4.57. The van der Waals surface area contributed by atoms with Crippen LogP contribution in [-0.2, 0) is 11.2 Å². The molecule has 1 heterocycles. The summed E-state index contributed by atoms with van der Waals surface area (Å²) in [5.41, 5.74) is 3.49. The number of carbonyl (C=O) groups excluding carboxylic acids is 1. The molecule has 0 bridgehead atoms. The van der Waals surface area contributed by atoms with Gasteiger partial charge in [-0.2, -0.15) is 5.10 Å².